The zero-order valence-corrected chi connectivity index (χ0v) is 17.0. The van der Waals surface area contributed by atoms with E-state index in [0.29, 0.717) is 5.56 Å². The molecule has 0 unspecified atom stereocenters. The number of hydrogen-bond donors (Lipinski definition) is 0. The molecule has 1 aliphatic heterocycles. The van der Waals surface area contributed by atoms with Crippen LogP contribution in [0.4, 0.5) is 5.69 Å². The Hall–Kier alpha value is -3.23. The van der Waals surface area contributed by atoms with Crippen molar-refractivity contribution in [2.45, 2.75) is 33.3 Å². The van der Waals surface area contributed by atoms with Gasteiger partial charge in [-0.05, 0) is 45.1 Å². The number of nitro benzene ring substituents is 1. The van der Waals surface area contributed by atoms with Crippen molar-refractivity contribution in [3.63, 3.8) is 0 Å². The average Bonchev–Trinajstić information content (AvgIpc) is 3.36. The fraction of sp³-hybridized carbons (Fsp3) is 0.476. The minimum Gasteiger partial charge on any atom is -0.490 e. The zero-order chi connectivity index (χ0) is 21.6. The third-order valence-corrected chi connectivity index (χ3v) is 5.68. The molecule has 1 aromatic rings. The first-order chi connectivity index (χ1) is 14.3. The molecule has 4 atom stereocenters. The molecule has 1 aromatic carbocycles. The van der Waals surface area contributed by atoms with Crippen molar-refractivity contribution in [3.05, 3.63) is 40.0 Å². The van der Waals surface area contributed by atoms with Gasteiger partial charge in [-0.2, -0.15) is 10.1 Å². The number of carbonyl (C=O) groups excluding carboxylic acids is 2. The predicted octanol–water partition coefficient (Wildman–Crippen LogP) is 2.92. The molecule has 4 rings (SSSR count). The highest BCUT2D eigenvalue weighted by Crippen LogP contribution is 2.52. The van der Waals surface area contributed by atoms with Crippen LogP contribution in [0.5, 0.6) is 11.5 Å². The quantitative estimate of drug-likeness (QED) is 0.223. The van der Waals surface area contributed by atoms with Gasteiger partial charge in [0, 0.05) is 11.6 Å². The lowest BCUT2D eigenvalue weighted by molar-refractivity contribution is -0.386. The maximum atomic E-state index is 12.7. The van der Waals surface area contributed by atoms with Gasteiger partial charge in [-0.15, -0.1) is 0 Å². The van der Waals surface area contributed by atoms with Crippen LogP contribution in [0.2, 0.25) is 0 Å². The molecule has 2 amide bonds. The minimum absolute atomic E-state index is 0.0412. The number of hydrogen-bond acceptors (Lipinski definition) is 7. The number of imide groups is 1. The monoisotopic (exact) mass is 413 g/mol. The summed E-state index contributed by atoms with van der Waals surface area (Å²) in [5, 5.41) is 16.6. The largest absolute Gasteiger partial charge is 0.490 e. The Balaban J connectivity index is 1.64. The molecule has 2 aliphatic carbocycles. The number of nitrogens with zero attached hydrogens (tertiary/aromatic N) is 3. The SMILES string of the molecule is CCOc1cc(C=NN2C(=O)[C@@H]3[C@H](C2=O)[C@H]2C=C[C@H]3C2)cc([N+](=O)[O-])c1OC(C)C. The molecule has 158 valence electrons. The topological polar surface area (TPSA) is 111 Å². The highest BCUT2D eigenvalue weighted by molar-refractivity contribution is 6.06. The molecule has 3 aliphatic rings. The predicted molar refractivity (Wildman–Crippen MR) is 107 cm³/mol. The number of carbonyl (C=O) groups is 2. The standard InChI is InChI=1S/C21H23N3O6/c1-4-29-16-8-12(7-15(24(27)28)19(16)30-11(2)3)10-22-23-20(25)17-13-5-6-14(9-13)18(17)21(23)26/h5-8,10-11,13-14,17-18H,4,9H2,1-3H3/t13-,14-,17-,18+/m0/s1. The molecule has 0 N–H and O–H groups in total. The Morgan fingerprint density at radius 3 is 2.40 bits per heavy atom. The third-order valence-electron chi connectivity index (χ3n) is 5.68. The number of hydrazone groups is 1. The highest BCUT2D eigenvalue weighted by atomic mass is 16.6. The summed E-state index contributed by atoms with van der Waals surface area (Å²) in [4.78, 5) is 36.5. The van der Waals surface area contributed by atoms with Crippen molar-refractivity contribution in [3.8, 4) is 11.5 Å². The van der Waals surface area contributed by atoms with Gasteiger partial charge in [0.1, 0.15) is 0 Å². The van der Waals surface area contributed by atoms with E-state index in [9.17, 15) is 19.7 Å². The second kappa shape index (κ2) is 7.55. The van der Waals surface area contributed by atoms with E-state index in [0.717, 1.165) is 11.4 Å². The number of allylic oxidation sites excluding steroid dienone is 2. The molecule has 2 bridgehead atoms. The Kier molecular flexibility index (Phi) is 5.05. The molecule has 30 heavy (non-hydrogen) atoms. The molecule has 0 radical (unpaired) electrons. The van der Waals surface area contributed by atoms with Crippen LogP contribution < -0.4 is 9.47 Å². The van der Waals surface area contributed by atoms with Crippen LogP contribution in [0.3, 0.4) is 0 Å². The second-order valence-electron chi connectivity index (χ2n) is 7.96. The molecule has 1 saturated heterocycles. The molecule has 0 aromatic heterocycles. The van der Waals surface area contributed by atoms with Gasteiger partial charge in [-0.1, -0.05) is 12.2 Å². The molecular formula is C21H23N3O6. The summed E-state index contributed by atoms with van der Waals surface area (Å²) in [6, 6.07) is 2.84. The summed E-state index contributed by atoms with van der Waals surface area (Å²) in [7, 11) is 0. The number of fused-ring (bicyclic) bond motifs is 5. The van der Waals surface area contributed by atoms with Crippen LogP contribution in [0, 0.1) is 33.8 Å². The first-order valence-electron chi connectivity index (χ1n) is 10.0. The first kappa shape index (κ1) is 20.1. The maximum Gasteiger partial charge on any atom is 0.315 e. The van der Waals surface area contributed by atoms with Gasteiger partial charge < -0.3 is 9.47 Å². The van der Waals surface area contributed by atoms with E-state index in [1.165, 1.54) is 12.3 Å². The van der Waals surface area contributed by atoms with Crippen LogP contribution in [-0.2, 0) is 9.59 Å². The lowest BCUT2D eigenvalue weighted by Crippen LogP contribution is -2.28. The van der Waals surface area contributed by atoms with Crippen molar-refractivity contribution in [2.24, 2.45) is 28.8 Å². The Morgan fingerprint density at radius 1 is 1.23 bits per heavy atom. The molecule has 9 nitrogen and oxygen atoms in total. The van der Waals surface area contributed by atoms with Crippen molar-refractivity contribution < 1.29 is 24.0 Å². The third kappa shape index (κ3) is 3.24. The highest BCUT2D eigenvalue weighted by Gasteiger charge is 2.59. The van der Waals surface area contributed by atoms with Gasteiger partial charge in [0.15, 0.2) is 5.75 Å². The van der Waals surface area contributed by atoms with Gasteiger partial charge >= 0.3 is 5.69 Å². The molecule has 9 heteroatoms. The van der Waals surface area contributed by atoms with Crippen molar-refractivity contribution in [1.82, 2.24) is 5.01 Å². The van der Waals surface area contributed by atoms with Gasteiger partial charge in [-0.25, -0.2) is 0 Å². The van der Waals surface area contributed by atoms with Gasteiger partial charge in [0.05, 0.1) is 35.7 Å². The fourth-order valence-electron chi connectivity index (χ4n) is 4.56. The van der Waals surface area contributed by atoms with E-state index in [1.54, 1.807) is 26.8 Å². The number of benzene rings is 1. The lowest BCUT2D eigenvalue weighted by Gasteiger charge is -2.15. The lowest BCUT2D eigenvalue weighted by atomic mass is 9.85. The molecular weight excluding hydrogens is 390 g/mol. The van der Waals surface area contributed by atoms with Crippen LogP contribution in [0.15, 0.2) is 29.4 Å². The fourth-order valence-corrected chi connectivity index (χ4v) is 4.56. The first-order valence-corrected chi connectivity index (χ1v) is 10.0. The summed E-state index contributed by atoms with van der Waals surface area (Å²) >= 11 is 0. The molecule has 1 saturated carbocycles. The van der Waals surface area contributed by atoms with Gasteiger partial charge in [0.25, 0.3) is 11.8 Å². The van der Waals surface area contributed by atoms with Crippen LogP contribution in [0.25, 0.3) is 0 Å². The number of rotatable bonds is 7. The van der Waals surface area contributed by atoms with E-state index in [-0.39, 0.29) is 65.4 Å². The Bertz CT molecular complexity index is 940. The summed E-state index contributed by atoms with van der Waals surface area (Å²) in [6.45, 7) is 5.57. The number of ether oxygens (including phenoxy) is 2. The van der Waals surface area contributed by atoms with Crippen LogP contribution in [-0.4, -0.2) is 40.7 Å². The number of amides is 2. The van der Waals surface area contributed by atoms with E-state index >= 15 is 0 Å². The molecule has 1 heterocycles. The normalized spacial score (nSPS) is 26.9. The van der Waals surface area contributed by atoms with E-state index in [2.05, 4.69) is 5.10 Å². The summed E-state index contributed by atoms with van der Waals surface area (Å²) in [5.74, 6) is -0.876. The van der Waals surface area contributed by atoms with Crippen LogP contribution in [0.1, 0.15) is 32.8 Å². The van der Waals surface area contributed by atoms with Crippen molar-refractivity contribution in [2.75, 3.05) is 6.61 Å². The van der Waals surface area contributed by atoms with Crippen molar-refractivity contribution >= 4 is 23.7 Å². The van der Waals surface area contributed by atoms with E-state index < -0.39 is 4.92 Å². The molecule has 2 fully saturated rings. The minimum atomic E-state index is -0.558. The molecule has 0 spiro atoms. The smallest absolute Gasteiger partial charge is 0.315 e. The zero-order valence-electron chi connectivity index (χ0n) is 17.0. The summed E-state index contributed by atoms with van der Waals surface area (Å²) in [6.07, 6.45) is 5.85. The van der Waals surface area contributed by atoms with Gasteiger partial charge in [-0.3, -0.25) is 19.7 Å². The maximum absolute atomic E-state index is 12.7. The average molecular weight is 413 g/mol. The van der Waals surface area contributed by atoms with E-state index in [4.69, 9.17) is 9.47 Å². The summed E-state index contributed by atoms with van der Waals surface area (Å²) in [5.41, 5.74) is 0.0642. The van der Waals surface area contributed by atoms with Crippen molar-refractivity contribution in [1.29, 1.82) is 0 Å². The van der Waals surface area contributed by atoms with E-state index in [1.807, 2.05) is 12.2 Å². The van der Waals surface area contributed by atoms with Gasteiger partial charge in [0.2, 0.25) is 5.75 Å². The Morgan fingerprint density at radius 2 is 1.87 bits per heavy atom. The summed E-state index contributed by atoms with van der Waals surface area (Å²) < 4.78 is 11.1. The van der Waals surface area contributed by atoms with Crippen LogP contribution >= 0.6 is 0 Å². The number of nitro groups is 1. The Labute approximate surface area is 173 Å². The second-order valence-corrected chi connectivity index (χ2v) is 7.96.